The minimum atomic E-state index is 0.115. The third-order valence-electron chi connectivity index (χ3n) is 3.51. The van der Waals surface area contributed by atoms with Gasteiger partial charge in [-0.3, -0.25) is 4.79 Å². The number of likely N-dealkylation sites (tertiary alicyclic amines) is 1. The van der Waals surface area contributed by atoms with E-state index in [0.717, 1.165) is 45.5 Å². The lowest BCUT2D eigenvalue weighted by Gasteiger charge is -2.31. The van der Waals surface area contributed by atoms with Crippen LogP contribution in [-0.4, -0.2) is 70.5 Å². The molecular formula is C14H29N3O3. The minimum Gasteiger partial charge on any atom is -0.382 e. The smallest absolute Gasteiger partial charge is 0.224 e. The summed E-state index contributed by atoms with van der Waals surface area (Å²) in [7, 11) is 1.67. The first-order chi connectivity index (χ1) is 9.77. The number of rotatable bonds is 10. The average molecular weight is 287 g/mol. The van der Waals surface area contributed by atoms with Gasteiger partial charge < -0.3 is 25.4 Å². The van der Waals surface area contributed by atoms with Crippen molar-refractivity contribution in [1.29, 1.82) is 0 Å². The third-order valence-corrected chi connectivity index (χ3v) is 3.51. The van der Waals surface area contributed by atoms with Gasteiger partial charge in [-0.05, 0) is 25.8 Å². The van der Waals surface area contributed by atoms with Gasteiger partial charge in [-0.25, -0.2) is 0 Å². The van der Waals surface area contributed by atoms with E-state index in [-0.39, 0.29) is 11.8 Å². The van der Waals surface area contributed by atoms with Gasteiger partial charge in [0.25, 0.3) is 0 Å². The van der Waals surface area contributed by atoms with Gasteiger partial charge in [0, 0.05) is 39.9 Å². The van der Waals surface area contributed by atoms with Crippen molar-refractivity contribution >= 4 is 5.91 Å². The van der Waals surface area contributed by atoms with Crippen molar-refractivity contribution in [3.8, 4) is 0 Å². The largest absolute Gasteiger partial charge is 0.382 e. The summed E-state index contributed by atoms with van der Waals surface area (Å²) in [5, 5.41) is 2.88. The molecule has 1 amide bonds. The molecule has 3 N–H and O–H groups in total. The van der Waals surface area contributed by atoms with E-state index < -0.39 is 0 Å². The molecule has 118 valence electrons. The molecule has 6 nitrogen and oxygen atoms in total. The molecule has 20 heavy (non-hydrogen) atoms. The van der Waals surface area contributed by atoms with Crippen molar-refractivity contribution in [2.45, 2.75) is 19.3 Å². The number of piperidine rings is 1. The summed E-state index contributed by atoms with van der Waals surface area (Å²) >= 11 is 0. The molecule has 0 aromatic heterocycles. The van der Waals surface area contributed by atoms with Crippen molar-refractivity contribution in [1.82, 2.24) is 10.2 Å². The Morgan fingerprint density at radius 3 is 3.00 bits per heavy atom. The van der Waals surface area contributed by atoms with E-state index >= 15 is 0 Å². The number of hydrogen-bond donors (Lipinski definition) is 2. The number of amides is 1. The fourth-order valence-corrected chi connectivity index (χ4v) is 2.45. The Kier molecular flexibility index (Phi) is 9.57. The molecule has 0 aromatic rings. The molecule has 6 heteroatoms. The van der Waals surface area contributed by atoms with Crippen LogP contribution < -0.4 is 11.1 Å². The summed E-state index contributed by atoms with van der Waals surface area (Å²) < 4.78 is 10.4. The van der Waals surface area contributed by atoms with Crippen LogP contribution in [0.4, 0.5) is 0 Å². The molecule has 1 aliphatic heterocycles. The Bertz CT molecular complexity index is 264. The molecular weight excluding hydrogens is 258 g/mol. The van der Waals surface area contributed by atoms with Gasteiger partial charge in [-0.2, -0.15) is 0 Å². The first kappa shape index (κ1) is 17.4. The second-order valence-corrected chi connectivity index (χ2v) is 5.18. The number of nitrogens with zero attached hydrogens (tertiary/aromatic N) is 1. The second-order valence-electron chi connectivity index (χ2n) is 5.18. The molecule has 1 unspecified atom stereocenters. The van der Waals surface area contributed by atoms with Crippen LogP contribution in [0.5, 0.6) is 0 Å². The highest BCUT2D eigenvalue weighted by atomic mass is 16.5. The van der Waals surface area contributed by atoms with Crippen LogP contribution in [0.2, 0.25) is 0 Å². The Morgan fingerprint density at radius 1 is 1.40 bits per heavy atom. The van der Waals surface area contributed by atoms with E-state index in [2.05, 4.69) is 10.2 Å². The lowest BCUT2D eigenvalue weighted by atomic mass is 9.97. The van der Waals surface area contributed by atoms with Crippen molar-refractivity contribution in [3.05, 3.63) is 0 Å². The Hall–Kier alpha value is -0.690. The number of methoxy groups -OCH3 is 1. The van der Waals surface area contributed by atoms with Crippen molar-refractivity contribution in [2.75, 3.05) is 59.7 Å². The van der Waals surface area contributed by atoms with Crippen LogP contribution in [0.15, 0.2) is 0 Å². The quantitative estimate of drug-likeness (QED) is 0.545. The molecule has 1 heterocycles. The molecule has 0 bridgehead atoms. The molecule has 1 atom stereocenters. The number of ether oxygens (including phenoxy) is 2. The van der Waals surface area contributed by atoms with Crippen LogP contribution in [0, 0.1) is 5.92 Å². The molecule has 0 aromatic carbocycles. The molecule has 1 aliphatic rings. The van der Waals surface area contributed by atoms with Crippen LogP contribution in [-0.2, 0) is 14.3 Å². The minimum absolute atomic E-state index is 0.115. The number of carbonyl (C=O) groups excluding carboxylic acids is 1. The first-order valence-corrected chi connectivity index (χ1v) is 7.54. The lowest BCUT2D eigenvalue weighted by molar-refractivity contribution is -0.126. The van der Waals surface area contributed by atoms with Crippen molar-refractivity contribution < 1.29 is 14.3 Å². The highest BCUT2D eigenvalue weighted by Crippen LogP contribution is 2.16. The van der Waals surface area contributed by atoms with Gasteiger partial charge in [-0.1, -0.05) is 0 Å². The van der Waals surface area contributed by atoms with Crippen molar-refractivity contribution in [2.24, 2.45) is 11.7 Å². The van der Waals surface area contributed by atoms with E-state index in [1.807, 2.05) is 0 Å². The van der Waals surface area contributed by atoms with Gasteiger partial charge in [0.15, 0.2) is 0 Å². The zero-order valence-corrected chi connectivity index (χ0v) is 12.6. The SMILES string of the molecule is COCCOCCCN1CCCC(C(=O)NCCN)C1. The number of nitrogens with one attached hydrogen (secondary N) is 1. The predicted molar refractivity (Wildman–Crippen MR) is 78.5 cm³/mol. The maximum absolute atomic E-state index is 11.9. The molecule has 1 saturated heterocycles. The zero-order valence-electron chi connectivity index (χ0n) is 12.6. The molecule has 0 spiro atoms. The number of hydrogen-bond acceptors (Lipinski definition) is 5. The van der Waals surface area contributed by atoms with Crippen LogP contribution in [0.1, 0.15) is 19.3 Å². The topological polar surface area (TPSA) is 76.8 Å². The van der Waals surface area contributed by atoms with Crippen LogP contribution in [0.3, 0.4) is 0 Å². The summed E-state index contributed by atoms with van der Waals surface area (Å²) in [4.78, 5) is 14.3. The van der Waals surface area contributed by atoms with Crippen LogP contribution in [0.25, 0.3) is 0 Å². The van der Waals surface area contributed by atoms with Gasteiger partial charge >= 0.3 is 0 Å². The average Bonchev–Trinajstić information content (AvgIpc) is 2.48. The van der Waals surface area contributed by atoms with E-state index in [4.69, 9.17) is 15.2 Å². The van der Waals surface area contributed by atoms with E-state index in [1.165, 1.54) is 0 Å². The third kappa shape index (κ3) is 7.19. The van der Waals surface area contributed by atoms with Gasteiger partial charge in [0.1, 0.15) is 0 Å². The summed E-state index contributed by atoms with van der Waals surface area (Å²) in [5.41, 5.74) is 5.40. The molecule has 1 fully saturated rings. The summed E-state index contributed by atoms with van der Waals surface area (Å²) in [6.07, 6.45) is 3.07. The standard InChI is InChI=1S/C14H29N3O3/c1-19-10-11-20-9-3-8-17-7-2-4-13(12-17)14(18)16-6-5-15/h13H,2-12,15H2,1H3,(H,16,18). The van der Waals surface area contributed by atoms with Crippen LogP contribution >= 0.6 is 0 Å². The van der Waals surface area contributed by atoms with Crippen molar-refractivity contribution in [3.63, 3.8) is 0 Å². The highest BCUT2D eigenvalue weighted by molar-refractivity contribution is 5.78. The molecule has 0 saturated carbocycles. The Balaban J connectivity index is 2.12. The Labute approximate surface area is 122 Å². The number of carbonyl (C=O) groups is 1. The van der Waals surface area contributed by atoms with E-state index in [0.29, 0.717) is 26.3 Å². The van der Waals surface area contributed by atoms with Gasteiger partial charge in [0.2, 0.25) is 5.91 Å². The fraction of sp³-hybridized carbons (Fsp3) is 0.929. The summed E-state index contributed by atoms with van der Waals surface area (Å²) in [5.74, 6) is 0.265. The molecule has 0 aliphatic carbocycles. The highest BCUT2D eigenvalue weighted by Gasteiger charge is 2.24. The summed E-state index contributed by atoms with van der Waals surface area (Å²) in [6.45, 7) is 6.06. The second kappa shape index (κ2) is 11.0. The van der Waals surface area contributed by atoms with E-state index in [9.17, 15) is 4.79 Å². The molecule has 0 radical (unpaired) electrons. The maximum atomic E-state index is 11.9. The zero-order chi connectivity index (χ0) is 14.6. The Morgan fingerprint density at radius 2 is 2.25 bits per heavy atom. The first-order valence-electron chi connectivity index (χ1n) is 7.54. The molecule has 1 rings (SSSR count). The van der Waals surface area contributed by atoms with Gasteiger partial charge in [0.05, 0.1) is 19.1 Å². The summed E-state index contributed by atoms with van der Waals surface area (Å²) in [6, 6.07) is 0. The monoisotopic (exact) mass is 287 g/mol. The fourth-order valence-electron chi connectivity index (χ4n) is 2.45. The van der Waals surface area contributed by atoms with Gasteiger partial charge in [-0.15, -0.1) is 0 Å². The normalized spacial score (nSPS) is 20.0. The maximum Gasteiger partial charge on any atom is 0.224 e. The predicted octanol–water partition coefficient (Wildman–Crippen LogP) is -0.174. The lowest BCUT2D eigenvalue weighted by Crippen LogP contribution is -2.44. The number of nitrogens with two attached hydrogens (primary N) is 1. The van der Waals surface area contributed by atoms with E-state index in [1.54, 1.807) is 7.11 Å².